The summed E-state index contributed by atoms with van der Waals surface area (Å²) in [6.45, 7) is 0. The minimum Gasteiger partial charge on any atom is -0.478 e. The Bertz CT molecular complexity index is 1180. The highest BCUT2D eigenvalue weighted by molar-refractivity contribution is 8.18. The molecule has 30 heavy (non-hydrogen) atoms. The maximum absolute atomic E-state index is 12.6. The number of likely N-dealkylation sites (N-methyl/N-ethyl adjacent to an activating group) is 1. The molecule has 0 unspecified atom stereocenters. The first-order valence-electron chi connectivity index (χ1n) is 8.85. The van der Waals surface area contributed by atoms with E-state index in [9.17, 15) is 9.59 Å². The van der Waals surface area contributed by atoms with Gasteiger partial charge in [-0.2, -0.15) is 0 Å². The molecule has 150 valence electrons. The molecule has 2 heterocycles. The number of thioether (sulfide) groups is 1. The molecular weight excluding hydrogens is 440 g/mol. The summed E-state index contributed by atoms with van der Waals surface area (Å²) in [4.78, 5) is 31.2. The fraction of sp³-hybridized carbons (Fsp3) is 0.0455. The van der Waals surface area contributed by atoms with Crippen molar-refractivity contribution in [2.75, 3.05) is 7.05 Å². The van der Waals surface area contributed by atoms with Crippen molar-refractivity contribution >= 4 is 63.5 Å². The van der Waals surface area contributed by atoms with Crippen molar-refractivity contribution in [2.24, 2.45) is 4.99 Å². The Hall–Kier alpha value is -2.87. The molecule has 1 aromatic heterocycles. The molecule has 3 aromatic rings. The fourth-order valence-corrected chi connectivity index (χ4v) is 4.82. The van der Waals surface area contributed by atoms with Gasteiger partial charge < -0.3 is 5.11 Å². The molecular formula is C22H15ClN2O3S2. The van der Waals surface area contributed by atoms with Gasteiger partial charge in [0.05, 0.1) is 16.2 Å². The van der Waals surface area contributed by atoms with E-state index in [0.717, 1.165) is 21.7 Å². The van der Waals surface area contributed by atoms with Gasteiger partial charge in [0.1, 0.15) is 0 Å². The van der Waals surface area contributed by atoms with E-state index in [-0.39, 0.29) is 11.5 Å². The molecule has 1 amide bonds. The van der Waals surface area contributed by atoms with Crippen LogP contribution in [-0.2, 0) is 4.79 Å². The Morgan fingerprint density at radius 1 is 1.10 bits per heavy atom. The van der Waals surface area contributed by atoms with Crippen molar-refractivity contribution in [3.05, 3.63) is 80.3 Å². The molecule has 1 aliphatic heterocycles. The lowest BCUT2D eigenvalue weighted by Gasteiger charge is -2.06. The van der Waals surface area contributed by atoms with Crippen LogP contribution in [-0.4, -0.2) is 34.1 Å². The van der Waals surface area contributed by atoms with Crippen molar-refractivity contribution in [1.29, 1.82) is 0 Å². The van der Waals surface area contributed by atoms with Gasteiger partial charge in [-0.15, -0.1) is 11.3 Å². The van der Waals surface area contributed by atoms with Crippen molar-refractivity contribution < 1.29 is 14.7 Å². The highest BCUT2D eigenvalue weighted by atomic mass is 35.5. The third-order valence-electron chi connectivity index (χ3n) is 4.41. The van der Waals surface area contributed by atoms with Gasteiger partial charge in [0.25, 0.3) is 5.91 Å². The van der Waals surface area contributed by atoms with Crippen LogP contribution >= 0.6 is 34.7 Å². The van der Waals surface area contributed by atoms with Crippen LogP contribution in [0.25, 0.3) is 17.2 Å². The van der Waals surface area contributed by atoms with Gasteiger partial charge in [0.15, 0.2) is 5.17 Å². The minimum absolute atomic E-state index is 0.103. The maximum atomic E-state index is 12.6. The molecule has 1 N–H and O–H groups in total. The number of amidine groups is 1. The molecule has 0 spiro atoms. The quantitative estimate of drug-likeness (QED) is 0.491. The molecule has 0 saturated carbocycles. The van der Waals surface area contributed by atoms with Crippen molar-refractivity contribution in [3.63, 3.8) is 0 Å². The molecule has 1 saturated heterocycles. The maximum Gasteiger partial charge on any atom is 0.335 e. The van der Waals surface area contributed by atoms with Crippen LogP contribution in [0.2, 0.25) is 5.02 Å². The first kappa shape index (κ1) is 20.4. The Kier molecular flexibility index (Phi) is 5.76. The lowest BCUT2D eigenvalue weighted by Crippen LogP contribution is -2.23. The van der Waals surface area contributed by atoms with Crippen molar-refractivity contribution in [2.45, 2.75) is 0 Å². The van der Waals surface area contributed by atoms with Crippen LogP contribution in [0, 0.1) is 0 Å². The summed E-state index contributed by atoms with van der Waals surface area (Å²) in [5, 5.41) is 12.2. The Morgan fingerprint density at radius 2 is 1.80 bits per heavy atom. The number of amides is 1. The standard InChI is InChI=1S/C22H15ClN2O3S2/c1-25-20(26)19(30-22(25)24-17-8-6-16(23)7-9-17)11-18-10-15(12-29-18)13-2-4-14(5-3-13)21(27)28/h2-12H,1H3,(H,27,28)/b19-11-,24-22?. The normalized spacial score (nSPS) is 16.6. The van der Waals surface area contributed by atoms with Crippen molar-refractivity contribution in [3.8, 4) is 11.1 Å². The molecule has 0 atom stereocenters. The van der Waals surface area contributed by atoms with Gasteiger partial charge in [-0.05, 0) is 76.8 Å². The Labute approximate surface area is 186 Å². The third kappa shape index (κ3) is 4.33. The first-order valence-corrected chi connectivity index (χ1v) is 10.9. The average molecular weight is 455 g/mol. The summed E-state index contributed by atoms with van der Waals surface area (Å²) in [5.41, 5.74) is 2.88. The number of thiophene rings is 1. The predicted octanol–water partition coefficient (Wildman–Crippen LogP) is 6.00. The van der Waals surface area contributed by atoms with Crippen molar-refractivity contribution in [1.82, 2.24) is 4.90 Å². The SMILES string of the molecule is CN1C(=O)/C(=C/c2cc(-c3ccc(C(=O)O)cc3)cs2)SC1=Nc1ccc(Cl)cc1. The van der Waals surface area contributed by atoms with Gasteiger partial charge in [-0.3, -0.25) is 9.69 Å². The number of carboxylic acids is 1. The van der Waals surface area contributed by atoms with E-state index in [1.807, 2.05) is 17.5 Å². The number of halogens is 1. The number of hydrogen-bond donors (Lipinski definition) is 1. The topological polar surface area (TPSA) is 70.0 Å². The Balaban J connectivity index is 1.55. The number of aromatic carboxylic acids is 1. The monoisotopic (exact) mass is 454 g/mol. The van der Waals surface area contributed by atoms with E-state index in [1.165, 1.54) is 28.0 Å². The molecule has 8 heteroatoms. The first-order chi connectivity index (χ1) is 14.4. The van der Waals surface area contributed by atoms with Gasteiger partial charge >= 0.3 is 5.97 Å². The summed E-state index contributed by atoms with van der Waals surface area (Å²) >= 11 is 8.76. The second-order valence-corrected chi connectivity index (χ2v) is 8.85. The van der Waals surface area contributed by atoms with E-state index in [4.69, 9.17) is 16.7 Å². The highest BCUT2D eigenvalue weighted by Gasteiger charge is 2.30. The lowest BCUT2D eigenvalue weighted by molar-refractivity contribution is -0.121. The second-order valence-electron chi connectivity index (χ2n) is 6.47. The zero-order chi connectivity index (χ0) is 21.3. The molecule has 4 rings (SSSR count). The molecule has 2 aromatic carbocycles. The van der Waals surface area contributed by atoms with E-state index < -0.39 is 5.97 Å². The van der Waals surface area contributed by atoms with E-state index in [0.29, 0.717) is 15.1 Å². The van der Waals surface area contributed by atoms with Gasteiger partial charge in [0, 0.05) is 16.9 Å². The number of rotatable bonds is 4. The fourth-order valence-electron chi connectivity index (χ4n) is 2.79. The smallest absolute Gasteiger partial charge is 0.335 e. The number of hydrogen-bond acceptors (Lipinski definition) is 5. The molecule has 5 nitrogen and oxygen atoms in total. The third-order valence-corrected chi connectivity index (χ3v) is 6.60. The van der Waals surface area contributed by atoms with E-state index in [2.05, 4.69) is 4.99 Å². The van der Waals surface area contributed by atoms with Crippen LogP contribution in [0.3, 0.4) is 0 Å². The van der Waals surface area contributed by atoms with Crippen LogP contribution in [0.4, 0.5) is 5.69 Å². The second kappa shape index (κ2) is 8.47. The largest absolute Gasteiger partial charge is 0.478 e. The summed E-state index contributed by atoms with van der Waals surface area (Å²) < 4.78 is 0. The number of carbonyl (C=O) groups is 2. The molecule has 0 aliphatic carbocycles. The van der Waals surface area contributed by atoms with Gasteiger partial charge in [-0.25, -0.2) is 9.79 Å². The van der Waals surface area contributed by atoms with Crippen LogP contribution in [0.1, 0.15) is 15.2 Å². The zero-order valence-corrected chi connectivity index (χ0v) is 18.1. The molecule has 0 bridgehead atoms. The van der Waals surface area contributed by atoms with Gasteiger partial charge in [-0.1, -0.05) is 23.7 Å². The van der Waals surface area contributed by atoms with Crippen LogP contribution in [0.5, 0.6) is 0 Å². The average Bonchev–Trinajstić information content (AvgIpc) is 3.31. The lowest BCUT2D eigenvalue weighted by atomic mass is 10.1. The highest BCUT2D eigenvalue weighted by Crippen LogP contribution is 2.35. The summed E-state index contributed by atoms with van der Waals surface area (Å²) in [7, 11) is 1.70. The van der Waals surface area contributed by atoms with E-state index in [1.54, 1.807) is 55.6 Å². The number of nitrogens with zero attached hydrogens (tertiary/aromatic N) is 2. The number of benzene rings is 2. The van der Waals surface area contributed by atoms with Crippen LogP contribution < -0.4 is 0 Å². The molecule has 1 aliphatic rings. The minimum atomic E-state index is -0.950. The molecule has 0 radical (unpaired) electrons. The summed E-state index contributed by atoms with van der Waals surface area (Å²) in [6, 6.07) is 15.8. The molecule has 1 fully saturated rings. The Morgan fingerprint density at radius 3 is 2.47 bits per heavy atom. The van der Waals surface area contributed by atoms with Gasteiger partial charge in [0.2, 0.25) is 0 Å². The predicted molar refractivity (Wildman–Crippen MR) is 124 cm³/mol. The van der Waals surface area contributed by atoms with Crippen LogP contribution in [0.15, 0.2) is 69.9 Å². The number of carboxylic acid groups (broad SMARTS) is 1. The summed E-state index contributed by atoms with van der Waals surface area (Å²) in [6.07, 6.45) is 1.85. The number of aliphatic imine (C=N–C) groups is 1. The number of carbonyl (C=O) groups excluding carboxylic acids is 1. The zero-order valence-electron chi connectivity index (χ0n) is 15.7. The van der Waals surface area contributed by atoms with E-state index >= 15 is 0 Å². The summed E-state index contributed by atoms with van der Waals surface area (Å²) in [5.74, 6) is -1.05.